The van der Waals surface area contributed by atoms with E-state index in [1.165, 1.54) is 0 Å². The summed E-state index contributed by atoms with van der Waals surface area (Å²) in [5.41, 5.74) is 0. The third kappa shape index (κ3) is 4.31. The van der Waals surface area contributed by atoms with Crippen LogP contribution >= 0.6 is 0 Å². The third-order valence-electron chi connectivity index (χ3n) is 3.61. The van der Waals surface area contributed by atoms with Crippen LogP contribution in [0.15, 0.2) is 21.9 Å². The van der Waals surface area contributed by atoms with Gasteiger partial charge in [0.25, 0.3) is 0 Å². The Labute approximate surface area is 125 Å². The van der Waals surface area contributed by atoms with E-state index in [2.05, 4.69) is 40.5 Å². The van der Waals surface area contributed by atoms with Gasteiger partial charge in [0, 0.05) is 26.1 Å². The van der Waals surface area contributed by atoms with E-state index in [1.54, 1.807) is 13.3 Å². The highest BCUT2D eigenvalue weighted by molar-refractivity contribution is 5.74. The van der Waals surface area contributed by atoms with Gasteiger partial charge >= 0.3 is 6.01 Å². The lowest BCUT2D eigenvalue weighted by atomic mass is 9.98. The molecule has 1 aromatic heterocycles. The summed E-state index contributed by atoms with van der Waals surface area (Å²) >= 11 is 0. The van der Waals surface area contributed by atoms with Crippen LogP contribution in [-0.4, -0.2) is 43.1 Å². The van der Waals surface area contributed by atoms with E-state index >= 15 is 0 Å². The summed E-state index contributed by atoms with van der Waals surface area (Å²) < 4.78 is 10.9. The molecule has 0 spiro atoms. The van der Waals surface area contributed by atoms with E-state index in [-0.39, 0.29) is 0 Å². The first kappa shape index (κ1) is 15.5. The number of aliphatic imine (C=N–C) groups is 1. The van der Waals surface area contributed by atoms with Gasteiger partial charge in [-0.05, 0) is 18.8 Å². The van der Waals surface area contributed by atoms with Gasteiger partial charge < -0.3 is 14.2 Å². The molecule has 0 aliphatic carbocycles. The van der Waals surface area contributed by atoms with Crippen LogP contribution in [0, 0.1) is 5.92 Å². The van der Waals surface area contributed by atoms with Crippen molar-refractivity contribution in [1.82, 2.24) is 10.1 Å². The normalized spacial score (nSPS) is 16.9. The molecule has 0 bridgehead atoms. The number of rotatable bonds is 6. The molecule has 0 N–H and O–H groups in total. The molecule has 21 heavy (non-hydrogen) atoms. The van der Waals surface area contributed by atoms with Crippen LogP contribution in [0.5, 0.6) is 0 Å². The Hall–Kier alpha value is -1.85. The maximum absolute atomic E-state index is 5.58. The molecule has 1 aromatic rings. The van der Waals surface area contributed by atoms with Crippen LogP contribution in [0.2, 0.25) is 0 Å². The first-order valence-electron chi connectivity index (χ1n) is 7.42. The third-order valence-corrected chi connectivity index (χ3v) is 3.61. The van der Waals surface area contributed by atoms with Gasteiger partial charge in [-0.3, -0.25) is 4.99 Å². The number of piperidine rings is 1. The van der Waals surface area contributed by atoms with E-state index in [9.17, 15) is 0 Å². The molecule has 2 rings (SSSR count). The van der Waals surface area contributed by atoms with Crippen molar-refractivity contribution in [1.29, 1.82) is 0 Å². The largest absolute Gasteiger partial charge is 0.492 e. The zero-order valence-corrected chi connectivity index (χ0v) is 13.1. The molecule has 0 atom stereocenters. The maximum Gasteiger partial charge on any atom is 0.324 e. The number of hydrogen-bond acceptors (Lipinski definition) is 6. The second-order valence-corrected chi connectivity index (χ2v) is 5.68. The molecular weight excluding hydrogens is 268 g/mol. The predicted octanol–water partition coefficient (Wildman–Crippen LogP) is 2.64. The summed E-state index contributed by atoms with van der Waals surface area (Å²) in [6, 6.07) is 0.639. The van der Waals surface area contributed by atoms with Crippen LogP contribution in [-0.2, 0) is 4.74 Å². The molecule has 6 heteroatoms. The molecule has 1 aliphatic heterocycles. The van der Waals surface area contributed by atoms with Gasteiger partial charge in [0.15, 0.2) is 5.82 Å². The lowest BCUT2D eigenvalue weighted by Crippen LogP contribution is -2.35. The molecule has 0 unspecified atom stereocenters. The fraction of sp³-hybridized carbons (Fsp3) is 0.667. The summed E-state index contributed by atoms with van der Waals surface area (Å²) in [4.78, 5) is 10.5. The topological polar surface area (TPSA) is 63.8 Å². The predicted molar refractivity (Wildman–Crippen MR) is 82.8 cm³/mol. The SMILES string of the molecule is C=C(C=NC)OCC1CCN(c2nc(C(C)C)no2)CC1. The van der Waals surface area contributed by atoms with Crippen molar-refractivity contribution in [3.8, 4) is 0 Å². The van der Waals surface area contributed by atoms with Crippen LogP contribution in [0.25, 0.3) is 0 Å². The van der Waals surface area contributed by atoms with Gasteiger partial charge in [-0.2, -0.15) is 4.98 Å². The second-order valence-electron chi connectivity index (χ2n) is 5.68. The van der Waals surface area contributed by atoms with E-state index < -0.39 is 0 Å². The van der Waals surface area contributed by atoms with E-state index in [0.29, 0.717) is 30.2 Å². The molecule has 0 aromatic carbocycles. The monoisotopic (exact) mass is 292 g/mol. The van der Waals surface area contributed by atoms with E-state index in [4.69, 9.17) is 9.26 Å². The van der Waals surface area contributed by atoms with Crippen LogP contribution < -0.4 is 4.90 Å². The molecular formula is C15H24N4O2. The molecule has 2 heterocycles. The minimum atomic E-state index is 0.291. The summed E-state index contributed by atoms with van der Waals surface area (Å²) in [5, 5.41) is 4.01. The Bertz CT molecular complexity index is 488. The minimum Gasteiger partial charge on any atom is -0.492 e. The van der Waals surface area contributed by atoms with Crippen molar-refractivity contribution < 1.29 is 9.26 Å². The van der Waals surface area contributed by atoms with Crippen molar-refractivity contribution in [2.24, 2.45) is 10.9 Å². The van der Waals surface area contributed by atoms with Gasteiger partial charge in [-0.25, -0.2) is 0 Å². The van der Waals surface area contributed by atoms with Crippen LogP contribution in [0.1, 0.15) is 38.4 Å². The van der Waals surface area contributed by atoms with Crippen molar-refractivity contribution in [2.75, 3.05) is 31.6 Å². The summed E-state index contributed by atoms with van der Waals surface area (Å²) in [7, 11) is 1.71. The van der Waals surface area contributed by atoms with Gasteiger partial charge in [-0.15, -0.1) is 0 Å². The molecule has 6 nitrogen and oxygen atoms in total. The lowest BCUT2D eigenvalue weighted by Gasteiger charge is -2.30. The number of ether oxygens (including phenoxy) is 1. The zero-order chi connectivity index (χ0) is 15.2. The van der Waals surface area contributed by atoms with Gasteiger partial charge in [0.1, 0.15) is 5.76 Å². The number of anilines is 1. The van der Waals surface area contributed by atoms with Crippen molar-refractivity contribution in [3.63, 3.8) is 0 Å². The fourth-order valence-electron chi connectivity index (χ4n) is 2.29. The summed E-state index contributed by atoms with van der Waals surface area (Å²) in [6.07, 6.45) is 3.74. The summed E-state index contributed by atoms with van der Waals surface area (Å²) in [5.74, 6) is 2.22. The highest BCUT2D eigenvalue weighted by Gasteiger charge is 2.23. The average Bonchev–Trinajstić information content (AvgIpc) is 2.96. The van der Waals surface area contributed by atoms with Crippen LogP contribution in [0.4, 0.5) is 6.01 Å². The zero-order valence-electron chi connectivity index (χ0n) is 13.1. The average molecular weight is 292 g/mol. The highest BCUT2D eigenvalue weighted by Crippen LogP contribution is 2.23. The molecule has 1 saturated heterocycles. The fourth-order valence-corrected chi connectivity index (χ4v) is 2.29. The molecule has 0 radical (unpaired) electrons. The number of hydrogen-bond donors (Lipinski definition) is 0. The van der Waals surface area contributed by atoms with Crippen molar-refractivity contribution >= 4 is 12.2 Å². The first-order chi connectivity index (χ1) is 10.1. The van der Waals surface area contributed by atoms with Gasteiger partial charge in [0.2, 0.25) is 0 Å². The number of allylic oxidation sites excluding steroid dienone is 1. The molecule has 0 saturated carbocycles. The Morgan fingerprint density at radius 1 is 1.52 bits per heavy atom. The highest BCUT2D eigenvalue weighted by atomic mass is 16.5. The quantitative estimate of drug-likeness (QED) is 0.596. The van der Waals surface area contributed by atoms with E-state index in [0.717, 1.165) is 31.8 Å². The number of aromatic nitrogens is 2. The Morgan fingerprint density at radius 2 is 2.24 bits per heavy atom. The molecule has 1 aliphatic rings. The van der Waals surface area contributed by atoms with E-state index in [1.807, 2.05) is 0 Å². The Morgan fingerprint density at radius 3 is 2.81 bits per heavy atom. The standard InChI is InChI=1S/C15H24N4O2/c1-11(2)14-17-15(21-18-14)19-7-5-13(6-8-19)10-20-12(3)9-16-4/h9,11,13H,3,5-8,10H2,1-2,4H3. The van der Waals surface area contributed by atoms with Gasteiger partial charge in [0.05, 0.1) is 12.8 Å². The lowest BCUT2D eigenvalue weighted by molar-refractivity contribution is 0.164. The minimum absolute atomic E-state index is 0.291. The maximum atomic E-state index is 5.58. The smallest absolute Gasteiger partial charge is 0.324 e. The van der Waals surface area contributed by atoms with Gasteiger partial charge in [-0.1, -0.05) is 25.6 Å². The Kier molecular flexibility index (Phi) is 5.36. The molecule has 0 amide bonds. The molecule has 1 fully saturated rings. The summed E-state index contributed by atoms with van der Waals surface area (Å²) in [6.45, 7) is 10.4. The van der Waals surface area contributed by atoms with Crippen molar-refractivity contribution in [2.45, 2.75) is 32.6 Å². The number of nitrogens with zero attached hydrogens (tertiary/aromatic N) is 4. The molecule has 116 valence electrons. The second kappa shape index (κ2) is 7.24. The Balaban J connectivity index is 1.78. The first-order valence-corrected chi connectivity index (χ1v) is 7.42. The van der Waals surface area contributed by atoms with Crippen LogP contribution in [0.3, 0.4) is 0 Å². The van der Waals surface area contributed by atoms with Crippen molar-refractivity contribution in [3.05, 3.63) is 18.2 Å².